The summed E-state index contributed by atoms with van der Waals surface area (Å²) >= 11 is 0. The van der Waals surface area contributed by atoms with E-state index in [1.54, 1.807) is 25.1 Å². The summed E-state index contributed by atoms with van der Waals surface area (Å²) in [5.41, 5.74) is 2.87. The molecule has 3 rings (SSSR count). The number of nitrogens with zero attached hydrogens (tertiary/aromatic N) is 1. The number of carbonyl (C=O) groups is 2. The van der Waals surface area contributed by atoms with Crippen molar-refractivity contribution in [2.75, 3.05) is 7.11 Å². The SMILES string of the molecule is COC(=O)[C@@H](C)NC(=O)c1ccc2oc(CCc3ccccc3)nc2c1. The summed E-state index contributed by atoms with van der Waals surface area (Å²) in [7, 11) is 1.28. The summed E-state index contributed by atoms with van der Waals surface area (Å²) in [5.74, 6) is -0.230. The average Bonchev–Trinajstić information content (AvgIpc) is 3.08. The van der Waals surface area contributed by atoms with Crippen LogP contribution in [-0.4, -0.2) is 30.0 Å². The molecule has 1 atom stereocenters. The molecule has 0 unspecified atom stereocenters. The average molecular weight is 352 g/mol. The number of oxazole rings is 1. The highest BCUT2D eigenvalue weighted by molar-refractivity contribution is 5.99. The predicted molar refractivity (Wildman–Crippen MR) is 96.8 cm³/mol. The maximum atomic E-state index is 12.3. The number of ether oxygens (including phenoxy) is 1. The van der Waals surface area contributed by atoms with E-state index in [0.29, 0.717) is 29.0 Å². The van der Waals surface area contributed by atoms with Gasteiger partial charge < -0.3 is 14.5 Å². The minimum atomic E-state index is -0.720. The van der Waals surface area contributed by atoms with Gasteiger partial charge in [-0.2, -0.15) is 0 Å². The van der Waals surface area contributed by atoms with E-state index in [-0.39, 0.29) is 5.91 Å². The zero-order chi connectivity index (χ0) is 18.5. The summed E-state index contributed by atoms with van der Waals surface area (Å²) < 4.78 is 10.3. The standard InChI is InChI=1S/C20H20N2O4/c1-13(20(24)25-2)21-19(23)15-9-10-17-16(12-15)22-18(26-17)11-8-14-6-4-3-5-7-14/h3-7,9-10,12-13H,8,11H2,1-2H3,(H,21,23)/t13-/m1/s1. The zero-order valence-electron chi connectivity index (χ0n) is 14.7. The van der Waals surface area contributed by atoms with Crippen LogP contribution in [0.25, 0.3) is 11.1 Å². The van der Waals surface area contributed by atoms with Crippen LogP contribution < -0.4 is 5.32 Å². The van der Waals surface area contributed by atoms with Gasteiger partial charge in [0.05, 0.1) is 7.11 Å². The number of aryl methyl sites for hydroxylation is 2. The van der Waals surface area contributed by atoms with E-state index < -0.39 is 12.0 Å². The van der Waals surface area contributed by atoms with Crippen molar-refractivity contribution in [3.63, 3.8) is 0 Å². The summed E-state index contributed by atoms with van der Waals surface area (Å²) in [5, 5.41) is 2.59. The van der Waals surface area contributed by atoms with E-state index in [0.717, 1.165) is 6.42 Å². The van der Waals surface area contributed by atoms with Gasteiger partial charge in [0.15, 0.2) is 11.5 Å². The first-order valence-electron chi connectivity index (χ1n) is 8.39. The molecule has 0 aliphatic heterocycles. The molecule has 0 saturated heterocycles. The lowest BCUT2D eigenvalue weighted by Crippen LogP contribution is -2.39. The van der Waals surface area contributed by atoms with E-state index in [1.807, 2.05) is 18.2 Å². The topological polar surface area (TPSA) is 81.4 Å². The normalized spacial score (nSPS) is 11.9. The van der Waals surface area contributed by atoms with Crippen LogP contribution in [0.15, 0.2) is 52.9 Å². The maximum Gasteiger partial charge on any atom is 0.328 e. The van der Waals surface area contributed by atoms with Gasteiger partial charge in [-0.05, 0) is 37.1 Å². The van der Waals surface area contributed by atoms with Crippen LogP contribution in [0.5, 0.6) is 0 Å². The molecular weight excluding hydrogens is 332 g/mol. The van der Waals surface area contributed by atoms with Gasteiger partial charge in [0.1, 0.15) is 11.6 Å². The van der Waals surface area contributed by atoms with Crippen LogP contribution in [0.4, 0.5) is 0 Å². The Morgan fingerprint density at radius 2 is 1.92 bits per heavy atom. The van der Waals surface area contributed by atoms with Gasteiger partial charge in [0.25, 0.3) is 5.91 Å². The van der Waals surface area contributed by atoms with Crippen molar-refractivity contribution in [2.24, 2.45) is 0 Å². The van der Waals surface area contributed by atoms with E-state index in [1.165, 1.54) is 12.7 Å². The number of benzene rings is 2. The van der Waals surface area contributed by atoms with Crippen LogP contribution in [0.1, 0.15) is 28.7 Å². The van der Waals surface area contributed by atoms with Crippen LogP contribution >= 0.6 is 0 Å². The molecule has 1 aromatic heterocycles. The molecule has 3 aromatic rings. The summed E-state index contributed by atoms with van der Waals surface area (Å²) in [6.45, 7) is 1.57. The second-order valence-corrected chi connectivity index (χ2v) is 5.99. The first-order valence-corrected chi connectivity index (χ1v) is 8.39. The Morgan fingerprint density at radius 3 is 2.65 bits per heavy atom. The highest BCUT2D eigenvalue weighted by Crippen LogP contribution is 2.18. The second-order valence-electron chi connectivity index (χ2n) is 5.99. The minimum Gasteiger partial charge on any atom is -0.467 e. The third kappa shape index (κ3) is 4.08. The maximum absolute atomic E-state index is 12.3. The van der Waals surface area contributed by atoms with Crippen LogP contribution in [0, 0.1) is 0 Å². The van der Waals surface area contributed by atoms with Gasteiger partial charge in [-0.25, -0.2) is 9.78 Å². The van der Waals surface area contributed by atoms with E-state index in [9.17, 15) is 9.59 Å². The molecule has 0 fully saturated rings. The van der Waals surface area contributed by atoms with Crippen molar-refractivity contribution >= 4 is 23.0 Å². The third-order valence-electron chi connectivity index (χ3n) is 4.07. The van der Waals surface area contributed by atoms with Crippen molar-refractivity contribution in [3.8, 4) is 0 Å². The lowest BCUT2D eigenvalue weighted by atomic mass is 10.1. The Hall–Kier alpha value is -3.15. The van der Waals surface area contributed by atoms with Crippen LogP contribution in [-0.2, 0) is 22.4 Å². The fourth-order valence-corrected chi connectivity index (χ4v) is 2.63. The number of nitrogens with one attached hydrogen (secondary N) is 1. The highest BCUT2D eigenvalue weighted by atomic mass is 16.5. The van der Waals surface area contributed by atoms with Crippen molar-refractivity contribution in [2.45, 2.75) is 25.8 Å². The van der Waals surface area contributed by atoms with E-state index in [4.69, 9.17) is 4.42 Å². The number of aromatic nitrogens is 1. The van der Waals surface area contributed by atoms with Crippen molar-refractivity contribution in [3.05, 3.63) is 65.5 Å². The lowest BCUT2D eigenvalue weighted by Gasteiger charge is -2.11. The Morgan fingerprint density at radius 1 is 1.15 bits per heavy atom. The number of rotatable bonds is 6. The van der Waals surface area contributed by atoms with Gasteiger partial charge in [-0.1, -0.05) is 30.3 Å². The van der Waals surface area contributed by atoms with Crippen molar-refractivity contribution < 1.29 is 18.7 Å². The Bertz CT molecular complexity index is 918. The van der Waals surface area contributed by atoms with Crippen molar-refractivity contribution in [1.82, 2.24) is 10.3 Å². The number of carbonyl (C=O) groups excluding carboxylic acids is 2. The van der Waals surface area contributed by atoms with Gasteiger partial charge in [-0.3, -0.25) is 4.79 Å². The van der Waals surface area contributed by atoms with Crippen LogP contribution in [0.2, 0.25) is 0 Å². The largest absolute Gasteiger partial charge is 0.467 e. The molecule has 0 aliphatic rings. The molecule has 6 heteroatoms. The number of fused-ring (bicyclic) bond motifs is 1. The molecule has 1 amide bonds. The van der Waals surface area contributed by atoms with E-state index in [2.05, 4.69) is 27.2 Å². The monoisotopic (exact) mass is 352 g/mol. The molecule has 0 spiro atoms. The molecule has 0 bridgehead atoms. The zero-order valence-corrected chi connectivity index (χ0v) is 14.7. The number of hydrogen-bond acceptors (Lipinski definition) is 5. The van der Waals surface area contributed by atoms with Crippen LogP contribution in [0.3, 0.4) is 0 Å². The third-order valence-corrected chi connectivity index (χ3v) is 4.07. The molecule has 0 saturated carbocycles. The molecule has 26 heavy (non-hydrogen) atoms. The number of methoxy groups -OCH3 is 1. The Kier molecular flexibility index (Phi) is 5.31. The smallest absolute Gasteiger partial charge is 0.328 e. The molecule has 1 N–H and O–H groups in total. The molecular formula is C20H20N2O4. The molecule has 134 valence electrons. The van der Waals surface area contributed by atoms with Crippen molar-refractivity contribution in [1.29, 1.82) is 0 Å². The summed E-state index contributed by atoms with van der Waals surface area (Å²) in [6, 6.07) is 14.4. The molecule has 0 aliphatic carbocycles. The minimum absolute atomic E-state index is 0.362. The molecule has 6 nitrogen and oxygen atoms in total. The molecule has 0 radical (unpaired) electrons. The summed E-state index contributed by atoms with van der Waals surface area (Å²) in [6.07, 6.45) is 1.51. The van der Waals surface area contributed by atoms with E-state index >= 15 is 0 Å². The van der Waals surface area contributed by atoms with Gasteiger partial charge in [0.2, 0.25) is 0 Å². The predicted octanol–water partition coefficient (Wildman–Crippen LogP) is 2.90. The first-order chi connectivity index (χ1) is 12.6. The Balaban J connectivity index is 1.70. The lowest BCUT2D eigenvalue weighted by molar-refractivity contribution is -0.142. The Labute approximate surface area is 151 Å². The fourth-order valence-electron chi connectivity index (χ4n) is 2.63. The summed E-state index contributed by atoms with van der Waals surface area (Å²) in [4.78, 5) is 28.1. The number of amides is 1. The molecule has 2 aromatic carbocycles. The second kappa shape index (κ2) is 7.82. The van der Waals surface area contributed by atoms with Gasteiger partial charge in [0, 0.05) is 12.0 Å². The fraction of sp³-hybridized carbons (Fsp3) is 0.250. The number of esters is 1. The van der Waals surface area contributed by atoms with Gasteiger partial charge >= 0.3 is 5.97 Å². The first kappa shape index (κ1) is 17.7. The van der Waals surface area contributed by atoms with Gasteiger partial charge in [-0.15, -0.1) is 0 Å². The quantitative estimate of drug-likeness (QED) is 0.690. The molecule has 1 heterocycles. The highest BCUT2D eigenvalue weighted by Gasteiger charge is 2.17. The number of hydrogen-bond donors (Lipinski definition) is 1.